The summed E-state index contributed by atoms with van der Waals surface area (Å²) >= 11 is 0. The summed E-state index contributed by atoms with van der Waals surface area (Å²) in [6.07, 6.45) is -3.87. The highest BCUT2D eigenvalue weighted by Gasteiger charge is 2.57. The van der Waals surface area contributed by atoms with Crippen LogP contribution in [0.25, 0.3) is 0 Å². The number of halogens is 3. The number of anilines is 1. The molecule has 0 saturated carbocycles. The normalized spacial score (nSPS) is 17.1. The Morgan fingerprint density at radius 2 is 1.89 bits per heavy atom. The molecule has 0 amide bonds. The molecule has 0 aliphatic carbocycles. The highest BCUT2D eigenvalue weighted by Crippen LogP contribution is 2.40. The van der Waals surface area contributed by atoms with E-state index < -0.39 is 17.8 Å². The molecule has 2 atom stereocenters. The van der Waals surface area contributed by atoms with Crippen LogP contribution in [0, 0.1) is 0 Å². The molecule has 7 heteroatoms. The highest BCUT2D eigenvalue weighted by molar-refractivity contribution is 5.39. The van der Waals surface area contributed by atoms with E-state index in [1.54, 1.807) is 19.0 Å². The summed E-state index contributed by atoms with van der Waals surface area (Å²) in [5, 5.41) is 9.82. The summed E-state index contributed by atoms with van der Waals surface area (Å²) in [6.45, 7) is 1.10. The number of hydrogen-bond acceptors (Lipinski definition) is 4. The quantitative estimate of drug-likeness (QED) is 0.861. The lowest BCUT2D eigenvalue weighted by Crippen LogP contribution is -2.54. The Balaban J connectivity index is 3.24. The van der Waals surface area contributed by atoms with Crippen molar-refractivity contribution >= 4 is 5.82 Å². The van der Waals surface area contributed by atoms with Gasteiger partial charge in [0.15, 0.2) is 0 Å². The molecule has 0 radical (unpaired) electrons. The largest absolute Gasteiger partial charge is 0.423 e. The van der Waals surface area contributed by atoms with Crippen molar-refractivity contribution in [3.05, 3.63) is 23.9 Å². The number of rotatable bonds is 3. The number of alkyl halides is 3. The fraction of sp³-hybridized carbons (Fsp3) is 0.545. The molecule has 18 heavy (non-hydrogen) atoms. The van der Waals surface area contributed by atoms with E-state index in [-0.39, 0.29) is 5.56 Å². The maximum atomic E-state index is 12.9. The minimum absolute atomic E-state index is 0.365. The second-order valence-corrected chi connectivity index (χ2v) is 4.35. The van der Waals surface area contributed by atoms with Gasteiger partial charge in [-0.2, -0.15) is 13.2 Å². The number of nitrogens with two attached hydrogens (primary N) is 1. The van der Waals surface area contributed by atoms with Gasteiger partial charge in [0.05, 0.1) is 0 Å². The molecule has 1 rings (SSSR count). The van der Waals surface area contributed by atoms with Gasteiger partial charge in [-0.1, -0.05) is 6.07 Å². The third-order valence-corrected chi connectivity index (χ3v) is 2.74. The second-order valence-electron chi connectivity index (χ2n) is 4.35. The van der Waals surface area contributed by atoms with Crippen LogP contribution in [-0.4, -0.2) is 36.4 Å². The summed E-state index contributed by atoms with van der Waals surface area (Å²) in [4.78, 5) is 5.49. The topological polar surface area (TPSA) is 62.4 Å². The summed E-state index contributed by atoms with van der Waals surface area (Å²) in [6, 6.07) is 1.08. The van der Waals surface area contributed by atoms with E-state index in [4.69, 9.17) is 5.73 Å². The Kier molecular flexibility index (Phi) is 3.87. The molecular formula is C11H16F3N3O. The van der Waals surface area contributed by atoms with Crippen LogP contribution < -0.4 is 10.6 Å². The average molecular weight is 263 g/mol. The first kappa shape index (κ1) is 14.7. The standard InChI is InChI=1S/C11H16F3N3O/c1-7(15)10(18,11(12,13)14)8-4-5-9(16-6-8)17(2)3/h4-7,18H,15H2,1-3H3. The Labute approximate surface area is 103 Å². The Morgan fingerprint density at radius 1 is 1.33 bits per heavy atom. The predicted octanol–water partition coefficient (Wildman–Crippen LogP) is 1.24. The number of nitrogens with zero attached hydrogens (tertiary/aromatic N) is 2. The Hall–Kier alpha value is -1.34. The summed E-state index contributed by atoms with van der Waals surface area (Å²) in [7, 11) is 3.42. The molecule has 1 aromatic heterocycles. The van der Waals surface area contributed by atoms with E-state index in [9.17, 15) is 18.3 Å². The lowest BCUT2D eigenvalue weighted by atomic mass is 9.88. The smallest absolute Gasteiger partial charge is 0.375 e. The van der Waals surface area contributed by atoms with Gasteiger partial charge >= 0.3 is 6.18 Å². The first-order chi connectivity index (χ1) is 8.10. The molecule has 102 valence electrons. The average Bonchev–Trinajstić information content (AvgIpc) is 2.26. The molecule has 0 aromatic carbocycles. The van der Waals surface area contributed by atoms with E-state index in [2.05, 4.69) is 4.98 Å². The molecule has 1 heterocycles. The van der Waals surface area contributed by atoms with Crippen molar-refractivity contribution in [3.63, 3.8) is 0 Å². The number of hydrogen-bond donors (Lipinski definition) is 2. The molecule has 2 unspecified atom stereocenters. The van der Waals surface area contributed by atoms with Crippen molar-refractivity contribution < 1.29 is 18.3 Å². The first-order valence-corrected chi connectivity index (χ1v) is 5.29. The predicted molar refractivity (Wildman–Crippen MR) is 62.2 cm³/mol. The van der Waals surface area contributed by atoms with Crippen LogP contribution >= 0.6 is 0 Å². The zero-order valence-corrected chi connectivity index (χ0v) is 10.4. The van der Waals surface area contributed by atoms with E-state index in [1.807, 2.05) is 0 Å². The van der Waals surface area contributed by atoms with Gasteiger partial charge in [-0.3, -0.25) is 0 Å². The van der Waals surface area contributed by atoms with Crippen LogP contribution in [0.4, 0.5) is 19.0 Å². The molecule has 0 aliphatic rings. The van der Waals surface area contributed by atoms with Crippen molar-refractivity contribution in [2.75, 3.05) is 19.0 Å². The van der Waals surface area contributed by atoms with Crippen LogP contribution in [0.15, 0.2) is 18.3 Å². The van der Waals surface area contributed by atoms with Crippen LogP contribution in [-0.2, 0) is 5.60 Å². The third kappa shape index (κ3) is 2.41. The minimum atomic E-state index is -4.86. The van der Waals surface area contributed by atoms with Crippen molar-refractivity contribution in [1.82, 2.24) is 4.98 Å². The first-order valence-electron chi connectivity index (χ1n) is 5.29. The minimum Gasteiger partial charge on any atom is -0.375 e. The van der Waals surface area contributed by atoms with Crippen LogP contribution in [0.2, 0.25) is 0 Å². The highest BCUT2D eigenvalue weighted by atomic mass is 19.4. The van der Waals surface area contributed by atoms with Gasteiger partial charge < -0.3 is 15.7 Å². The molecule has 0 bridgehead atoms. The molecular weight excluding hydrogens is 247 g/mol. The monoisotopic (exact) mass is 263 g/mol. The fourth-order valence-corrected chi connectivity index (χ4v) is 1.56. The molecule has 0 aliphatic heterocycles. The lowest BCUT2D eigenvalue weighted by Gasteiger charge is -2.34. The summed E-state index contributed by atoms with van der Waals surface area (Å²) < 4.78 is 38.8. The van der Waals surface area contributed by atoms with Crippen LogP contribution in [0.5, 0.6) is 0 Å². The molecule has 1 aromatic rings. The zero-order valence-electron chi connectivity index (χ0n) is 10.4. The van der Waals surface area contributed by atoms with E-state index in [1.165, 1.54) is 12.1 Å². The number of aliphatic hydroxyl groups is 1. The van der Waals surface area contributed by atoms with E-state index >= 15 is 0 Å². The van der Waals surface area contributed by atoms with Gasteiger partial charge in [-0.05, 0) is 13.0 Å². The van der Waals surface area contributed by atoms with E-state index in [0.717, 1.165) is 13.1 Å². The van der Waals surface area contributed by atoms with Crippen molar-refractivity contribution in [3.8, 4) is 0 Å². The van der Waals surface area contributed by atoms with Crippen molar-refractivity contribution in [1.29, 1.82) is 0 Å². The van der Waals surface area contributed by atoms with Gasteiger partial charge in [0.2, 0.25) is 5.60 Å². The summed E-state index contributed by atoms with van der Waals surface area (Å²) in [5.74, 6) is 0.493. The molecule has 0 spiro atoms. The Bertz CT molecular complexity index is 403. The Morgan fingerprint density at radius 3 is 2.17 bits per heavy atom. The fourth-order valence-electron chi connectivity index (χ4n) is 1.56. The molecule has 4 nitrogen and oxygen atoms in total. The van der Waals surface area contributed by atoms with E-state index in [0.29, 0.717) is 5.82 Å². The second kappa shape index (κ2) is 4.74. The maximum Gasteiger partial charge on any atom is 0.423 e. The van der Waals surface area contributed by atoms with Crippen molar-refractivity contribution in [2.45, 2.75) is 24.7 Å². The lowest BCUT2D eigenvalue weighted by molar-refractivity contribution is -0.273. The summed E-state index contributed by atoms with van der Waals surface area (Å²) in [5.41, 5.74) is 1.82. The molecule has 0 saturated heterocycles. The SMILES string of the molecule is CC(N)C(O)(c1ccc(N(C)C)nc1)C(F)(F)F. The maximum absolute atomic E-state index is 12.9. The molecule has 0 fully saturated rings. The zero-order chi connectivity index (χ0) is 14.1. The van der Waals surface area contributed by atoms with Crippen LogP contribution in [0.1, 0.15) is 12.5 Å². The van der Waals surface area contributed by atoms with Crippen LogP contribution in [0.3, 0.4) is 0 Å². The number of aromatic nitrogens is 1. The van der Waals surface area contributed by atoms with Gasteiger partial charge in [0.25, 0.3) is 0 Å². The van der Waals surface area contributed by atoms with Gasteiger partial charge in [0, 0.05) is 31.9 Å². The number of pyridine rings is 1. The van der Waals surface area contributed by atoms with Gasteiger partial charge in [-0.25, -0.2) is 4.98 Å². The van der Waals surface area contributed by atoms with Gasteiger partial charge in [-0.15, -0.1) is 0 Å². The third-order valence-electron chi connectivity index (χ3n) is 2.74. The molecule has 3 N–H and O–H groups in total. The van der Waals surface area contributed by atoms with Gasteiger partial charge in [0.1, 0.15) is 5.82 Å². The van der Waals surface area contributed by atoms with Crippen molar-refractivity contribution in [2.24, 2.45) is 5.73 Å².